The van der Waals surface area contributed by atoms with Gasteiger partial charge in [-0.05, 0) is 31.2 Å². The molecule has 1 atom stereocenters. The second kappa shape index (κ2) is 7.54. The van der Waals surface area contributed by atoms with E-state index in [1.165, 1.54) is 36.2 Å². The molecule has 0 aliphatic carbocycles. The number of aromatic hydroxyl groups is 2. The van der Waals surface area contributed by atoms with E-state index in [4.69, 9.17) is 0 Å². The van der Waals surface area contributed by atoms with Crippen LogP contribution < -0.4 is 5.43 Å². The van der Waals surface area contributed by atoms with Crippen molar-refractivity contribution in [2.45, 2.75) is 16.5 Å². The fourth-order valence-corrected chi connectivity index (χ4v) is 4.21. The monoisotopic (exact) mass is 373 g/mol. The maximum Gasteiger partial charge on any atom is 0.253 e. The molecule has 0 saturated heterocycles. The molecule has 128 valence electrons. The first kappa shape index (κ1) is 17.2. The molecule has 0 aliphatic heterocycles. The van der Waals surface area contributed by atoms with Gasteiger partial charge in [-0.3, -0.25) is 4.79 Å². The number of benzene rings is 2. The van der Waals surface area contributed by atoms with E-state index in [1.54, 1.807) is 18.3 Å². The molecule has 1 unspecified atom stereocenters. The SMILES string of the molecule is CC(Sc1nc2ccccc2s1)C(=O)N/N=C/c1ccc(O)cc1O. The Hall–Kier alpha value is -2.58. The van der Waals surface area contributed by atoms with E-state index >= 15 is 0 Å². The normalized spacial score (nSPS) is 12.5. The van der Waals surface area contributed by atoms with Gasteiger partial charge in [-0.1, -0.05) is 23.9 Å². The van der Waals surface area contributed by atoms with E-state index in [9.17, 15) is 15.0 Å². The summed E-state index contributed by atoms with van der Waals surface area (Å²) in [5.74, 6) is -0.423. The number of fused-ring (bicyclic) bond motifs is 1. The van der Waals surface area contributed by atoms with Gasteiger partial charge < -0.3 is 10.2 Å². The van der Waals surface area contributed by atoms with Gasteiger partial charge in [0, 0.05) is 11.6 Å². The van der Waals surface area contributed by atoms with Crippen LogP contribution in [0.1, 0.15) is 12.5 Å². The number of aromatic nitrogens is 1. The first-order valence-corrected chi connectivity index (χ1v) is 9.09. The van der Waals surface area contributed by atoms with Crippen LogP contribution >= 0.6 is 23.1 Å². The van der Waals surface area contributed by atoms with Crippen LogP contribution in [-0.2, 0) is 4.79 Å². The van der Waals surface area contributed by atoms with Crippen LogP contribution in [0, 0.1) is 0 Å². The van der Waals surface area contributed by atoms with E-state index in [1.807, 2.05) is 24.3 Å². The molecule has 2 aromatic carbocycles. The number of hydrogen-bond donors (Lipinski definition) is 3. The first-order valence-electron chi connectivity index (χ1n) is 7.40. The number of phenols is 2. The average Bonchev–Trinajstić information content (AvgIpc) is 2.98. The lowest BCUT2D eigenvalue weighted by Crippen LogP contribution is -2.26. The van der Waals surface area contributed by atoms with Gasteiger partial charge in [0.2, 0.25) is 0 Å². The van der Waals surface area contributed by atoms with Gasteiger partial charge in [-0.2, -0.15) is 5.10 Å². The summed E-state index contributed by atoms with van der Waals surface area (Å²) in [5.41, 5.74) is 3.75. The Morgan fingerprint density at radius 2 is 2.12 bits per heavy atom. The van der Waals surface area contributed by atoms with E-state index < -0.39 is 0 Å². The molecule has 3 rings (SSSR count). The van der Waals surface area contributed by atoms with Gasteiger partial charge in [-0.25, -0.2) is 10.4 Å². The summed E-state index contributed by atoms with van der Waals surface area (Å²) in [6.45, 7) is 1.78. The molecule has 0 saturated carbocycles. The number of amides is 1. The summed E-state index contributed by atoms with van der Waals surface area (Å²) in [4.78, 5) is 16.6. The molecule has 3 N–H and O–H groups in total. The van der Waals surface area contributed by atoms with Gasteiger partial charge in [0.05, 0.1) is 21.7 Å². The molecule has 0 aliphatic rings. The number of carbonyl (C=O) groups is 1. The lowest BCUT2D eigenvalue weighted by atomic mass is 10.2. The van der Waals surface area contributed by atoms with Crippen molar-refractivity contribution in [3.8, 4) is 11.5 Å². The van der Waals surface area contributed by atoms with E-state index in [2.05, 4.69) is 15.5 Å². The number of rotatable bonds is 5. The van der Waals surface area contributed by atoms with Crippen molar-refractivity contribution in [3.05, 3.63) is 48.0 Å². The maximum absolute atomic E-state index is 12.1. The largest absolute Gasteiger partial charge is 0.508 e. The molecule has 1 amide bonds. The molecule has 0 bridgehead atoms. The summed E-state index contributed by atoms with van der Waals surface area (Å²) < 4.78 is 1.91. The van der Waals surface area contributed by atoms with E-state index in [-0.39, 0.29) is 22.7 Å². The minimum absolute atomic E-state index is 0.0421. The average molecular weight is 373 g/mol. The first-order chi connectivity index (χ1) is 12.0. The Morgan fingerprint density at radius 1 is 1.32 bits per heavy atom. The smallest absolute Gasteiger partial charge is 0.253 e. The maximum atomic E-state index is 12.1. The highest BCUT2D eigenvalue weighted by atomic mass is 32.2. The molecule has 25 heavy (non-hydrogen) atoms. The van der Waals surface area contributed by atoms with Crippen LogP contribution in [0.3, 0.4) is 0 Å². The fraction of sp³-hybridized carbons (Fsp3) is 0.118. The van der Waals surface area contributed by atoms with Crippen LogP contribution in [0.5, 0.6) is 11.5 Å². The quantitative estimate of drug-likeness (QED) is 0.362. The highest BCUT2D eigenvalue weighted by molar-refractivity contribution is 8.02. The standard InChI is InChI=1S/C17H15N3O3S2/c1-10(24-17-19-13-4-2-3-5-15(13)25-17)16(23)20-18-9-11-6-7-12(21)8-14(11)22/h2-10,21-22H,1H3,(H,20,23)/b18-9+. The van der Waals surface area contributed by atoms with Crippen molar-refractivity contribution in [3.63, 3.8) is 0 Å². The lowest BCUT2D eigenvalue weighted by molar-refractivity contribution is -0.120. The molecule has 1 heterocycles. The third-order valence-corrected chi connectivity index (χ3v) is 5.54. The van der Waals surface area contributed by atoms with Crippen molar-refractivity contribution in [2.75, 3.05) is 0 Å². The Bertz CT molecular complexity index is 907. The zero-order valence-corrected chi connectivity index (χ0v) is 14.8. The number of para-hydroxylation sites is 1. The number of thioether (sulfide) groups is 1. The Balaban J connectivity index is 1.59. The zero-order valence-electron chi connectivity index (χ0n) is 13.2. The summed E-state index contributed by atoms with van der Waals surface area (Å²) in [6.07, 6.45) is 1.32. The van der Waals surface area contributed by atoms with Crippen LogP contribution in [0.2, 0.25) is 0 Å². The molecule has 0 spiro atoms. The molecule has 1 aromatic heterocycles. The number of phenolic OH excluding ortho intramolecular Hbond substituents is 2. The van der Waals surface area contributed by atoms with Crippen molar-refractivity contribution in [1.82, 2.24) is 10.4 Å². The number of thiazole rings is 1. The summed E-state index contributed by atoms with van der Waals surface area (Å²) in [7, 11) is 0. The molecular weight excluding hydrogens is 358 g/mol. The third kappa shape index (κ3) is 4.28. The molecular formula is C17H15N3O3S2. The van der Waals surface area contributed by atoms with Crippen molar-refractivity contribution >= 4 is 45.4 Å². The van der Waals surface area contributed by atoms with Crippen LogP contribution in [-0.4, -0.2) is 32.6 Å². The number of nitrogens with one attached hydrogen (secondary N) is 1. The number of hydrogen-bond acceptors (Lipinski definition) is 7. The van der Waals surface area contributed by atoms with Crippen LogP contribution in [0.25, 0.3) is 10.2 Å². The van der Waals surface area contributed by atoms with E-state index in [0.29, 0.717) is 5.56 Å². The minimum Gasteiger partial charge on any atom is -0.508 e. The van der Waals surface area contributed by atoms with E-state index in [0.717, 1.165) is 14.6 Å². The Labute approximate surface area is 152 Å². The Kier molecular flexibility index (Phi) is 5.20. The number of nitrogens with zero attached hydrogens (tertiary/aromatic N) is 2. The summed E-state index contributed by atoms with van der Waals surface area (Å²) in [5, 5.41) is 22.4. The third-order valence-electron chi connectivity index (χ3n) is 3.31. The summed E-state index contributed by atoms with van der Waals surface area (Å²) in [6, 6.07) is 12.0. The van der Waals surface area contributed by atoms with Gasteiger partial charge in [0.25, 0.3) is 5.91 Å². The van der Waals surface area contributed by atoms with Gasteiger partial charge >= 0.3 is 0 Å². The predicted octanol–water partition coefficient (Wildman–Crippen LogP) is 3.34. The number of hydrazone groups is 1. The second-order valence-electron chi connectivity index (χ2n) is 5.18. The molecule has 6 nitrogen and oxygen atoms in total. The lowest BCUT2D eigenvalue weighted by Gasteiger charge is -2.06. The highest BCUT2D eigenvalue weighted by Gasteiger charge is 2.16. The summed E-state index contributed by atoms with van der Waals surface area (Å²) >= 11 is 2.91. The van der Waals surface area contributed by atoms with Gasteiger partial charge in [0.1, 0.15) is 11.5 Å². The van der Waals surface area contributed by atoms with Crippen molar-refractivity contribution in [2.24, 2.45) is 5.10 Å². The van der Waals surface area contributed by atoms with Crippen LogP contribution in [0.4, 0.5) is 0 Å². The molecule has 3 aromatic rings. The van der Waals surface area contributed by atoms with Crippen molar-refractivity contribution < 1.29 is 15.0 Å². The van der Waals surface area contributed by atoms with Crippen molar-refractivity contribution in [1.29, 1.82) is 0 Å². The topological polar surface area (TPSA) is 94.8 Å². The minimum atomic E-state index is -0.369. The van der Waals surface area contributed by atoms with Crippen LogP contribution in [0.15, 0.2) is 51.9 Å². The number of carbonyl (C=O) groups excluding carboxylic acids is 1. The molecule has 0 radical (unpaired) electrons. The second-order valence-corrected chi connectivity index (χ2v) is 7.80. The fourth-order valence-electron chi connectivity index (χ4n) is 2.00. The van der Waals surface area contributed by atoms with Gasteiger partial charge in [-0.15, -0.1) is 11.3 Å². The van der Waals surface area contributed by atoms with Gasteiger partial charge in [0.15, 0.2) is 4.34 Å². The molecule has 0 fully saturated rings. The zero-order chi connectivity index (χ0) is 17.8. The Morgan fingerprint density at radius 3 is 2.88 bits per heavy atom. The predicted molar refractivity (Wildman–Crippen MR) is 100 cm³/mol. The molecule has 8 heteroatoms. The highest BCUT2D eigenvalue weighted by Crippen LogP contribution is 2.31.